The highest BCUT2D eigenvalue weighted by Gasteiger charge is 2.17. The Kier molecular flexibility index (Phi) is 6.06. The molecule has 0 spiro atoms. The fourth-order valence-corrected chi connectivity index (χ4v) is 3.85. The lowest BCUT2D eigenvalue weighted by Gasteiger charge is -2.12. The van der Waals surface area contributed by atoms with Gasteiger partial charge in [-0.15, -0.1) is 0 Å². The van der Waals surface area contributed by atoms with Crippen molar-refractivity contribution in [1.82, 2.24) is 9.55 Å². The molecule has 1 aromatic heterocycles. The van der Waals surface area contributed by atoms with Crippen LogP contribution in [0.5, 0.6) is 11.5 Å². The van der Waals surface area contributed by atoms with Crippen molar-refractivity contribution in [2.24, 2.45) is 5.92 Å². The molecular formula is C21H24N2O3S. The Morgan fingerprint density at radius 1 is 1.15 bits per heavy atom. The summed E-state index contributed by atoms with van der Waals surface area (Å²) in [6, 6.07) is 13.3. The van der Waals surface area contributed by atoms with Crippen molar-refractivity contribution in [3.63, 3.8) is 0 Å². The number of hydrogen-bond donors (Lipinski definition) is 0. The van der Waals surface area contributed by atoms with E-state index in [1.54, 1.807) is 32.4 Å². The van der Waals surface area contributed by atoms with E-state index in [4.69, 9.17) is 14.5 Å². The molecule has 0 atom stereocenters. The first kappa shape index (κ1) is 19.3. The van der Waals surface area contributed by atoms with E-state index in [1.165, 1.54) is 11.8 Å². The number of rotatable bonds is 8. The van der Waals surface area contributed by atoms with Crippen LogP contribution in [0, 0.1) is 5.92 Å². The second kappa shape index (κ2) is 8.48. The monoisotopic (exact) mass is 384 g/mol. The van der Waals surface area contributed by atoms with Crippen LogP contribution in [0.15, 0.2) is 47.6 Å². The number of para-hydroxylation sites is 2. The van der Waals surface area contributed by atoms with Crippen molar-refractivity contribution in [1.29, 1.82) is 0 Å². The summed E-state index contributed by atoms with van der Waals surface area (Å²) in [6.07, 6.45) is 0. The topological polar surface area (TPSA) is 53.3 Å². The van der Waals surface area contributed by atoms with Crippen molar-refractivity contribution in [2.75, 3.05) is 20.0 Å². The van der Waals surface area contributed by atoms with Gasteiger partial charge in [-0.1, -0.05) is 37.7 Å². The molecule has 0 radical (unpaired) electrons. The fraction of sp³-hybridized carbons (Fsp3) is 0.333. The number of thioether (sulfide) groups is 1. The van der Waals surface area contributed by atoms with Gasteiger partial charge in [0.05, 0.1) is 36.6 Å². The Labute approximate surface area is 163 Å². The van der Waals surface area contributed by atoms with Crippen LogP contribution in [0.2, 0.25) is 0 Å². The third kappa shape index (κ3) is 4.27. The van der Waals surface area contributed by atoms with E-state index in [2.05, 4.69) is 24.5 Å². The number of imidazole rings is 1. The Balaban J connectivity index is 1.83. The summed E-state index contributed by atoms with van der Waals surface area (Å²) in [5, 5.41) is 0.866. The van der Waals surface area contributed by atoms with E-state index >= 15 is 0 Å². The highest BCUT2D eigenvalue weighted by Crippen LogP contribution is 2.29. The molecule has 0 saturated heterocycles. The largest absolute Gasteiger partial charge is 0.497 e. The van der Waals surface area contributed by atoms with Gasteiger partial charge in [0.1, 0.15) is 11.5 Å². The number of Topliss-reactive ketones (excluding diaryl/α,β-unsaturated/α-hetero) is 1. The second-order valence-electron chi connectivity index (χ2n) is 6.67. The standard InChI is InChI=1S/C21H24N2O3S/c1-14(2)12-23-18-8-6-5-7-17(18)22-21(23)27-13-19(24)16-10-9-15(25-3)11-20(16)26-4/h5-11,14H,12-13H2,1-4H3. The smallest absolute Gasteiger partial charge is 0.176 e. The quantitative estimate of drug-likeness (QED) is 0.417. The Hall–Kier alpha value is -2.47. The first-order valence-corrected chi connectivity index (χ1v) is 9.85. The normalized spacial score (nSPS) is 11.1. The lowest BCUT2D eigenvalue weighted by Crippen LogP contribution is -2.09. The van der Waals surface area contributed by atoms with Crippen molar-refractivity contribution >= 4 is 28.6 Å². The molecule has 0 aliphatic rings. The molecule has 3 aromatic rings. The Morgan fingerprint density at radius 3 is 2.63 bits per heavy atom. The minimum absolute atomic E-state index is 0.00246. The number of carbonyl (C=O) groups is 1. The maximum atomic E-state index is 12.8. The molecule has 0 aliphatic heterocycles. The molecule has 2 aromatic carbocycles. The van der Waals surface area contributed by atoms with Crippen molar-refractivity contribution in [3.05, 3.63) is 48.0 Å². The highest BCUT2D eigenvalue weighted by atomic mass is 32.2. The van der Waals surface area contributed by atoms with Gasteiger partial charge in [0, 0.05) is 12.6 Å². The third-order valence-corrected chi connectivity index (χ3v) is 5.19. The van der Waals surface area contributed by atoms with Gasteiger partial charge >= 0.3 is 0 Å². The summed E-state index contributed by atoms with van der Waals surface area (Å²) >= 11 is 1.46. The first-order valence-electron chi connectivity index (χ1n) is 8.86. The van der Waals surface area contributed by atoms with Crippen LogP contribution in [0.4, 0.5) is 0 Å². The van der Waals surface area contributed by atoms with E-state index in [9.17, 15) is 4.79 Å². The minimum atomic E-state index is 0.00246. The average Bonchev–Trinajstić information content (AvgIpc) is 3.02. The summed E-state index contributed by atoms with van der Waals surface area (Å²) in [6.45, 7) is 5.22. The van der Waals surface area contributed by atoms with Crippen molar-refractivity contribution in [3.8, 4) is 11.5 Å². The van der Waals surface area contributed by atoms with Crippen LogP contribution < -0.4 is 9.47 Å². The van der Waals surface area contributed by atoms with Gasteiger partial charge in [-0.3, -0.25) is 4.79 Å². The van der Waals surface area contributed by atoms with Crippen LogP contribution in [0.3, 0.4) is 0 Å². The summed E-state index contributed by atoms with van der Waals surface area (Å²) in [7, 11) is 3.14. The number of aromatic nitrogens is 2. The number of benzene rings is 2. The van der Waals surface area contributed by atoms with Crippen LogP contribution >= 0.6 is 11.8 Å². The van der Waals surface area contributed by atoms with Gasteiger partial charge in [-0.05, 0) is 30.2 Å². The maximum absolute atomic E-state index is 12.8. The lowest BCUT2D eigenvalue weighted by molar-refractivity contribution is 0.101. The van der Waals surface area contributed by atoms with E-state index in [1.807, 2.05) is 18.2 Å². The highest BCUT2D eigenvalue weighted by molar-refractivity contribution is 7.99. The van der Waals surface area contributed by atoms with Gasteiger partial charge in [0.15, 0.2) is 10.9 Å². The van der Waals surface area contributed by atoms with E-state index < -0.39 is 0 Å². The average molecular weight is 385 g/mol. The molecule has 0 bridgehead atoms. The summed E-state index contributed by atoms with van der Waals surface area (Å²) in [5.74, 6) is 1.97. The number of nitrogens with zero attached hydrogens (tertiary/aromatic N) is 2. The first-order chi connectivity index (χ1) is 13.0. The van der Waals surface area contributed by atoms with Crippen molar-refractivity contribution in [2.45, 2.75) is 25.5 Å². The zero-order valence-corrected chi connectivity index (χ0v) is 16.9. The molecule has 142 valence electrons. The van der Waals surface area contributed by atoms with Crippen LogP contribution in [-0.2, 0) is 6.54 Å². The zero-order valence-electron chi connectivity index (χ0n) is 16.1. The molecule has 27 heavy (non-hydrogen) atoms. The number of methoxy groups -OCH3 is 2. The SMILES string of the molecule is COc1ccc(C(=O)CSc2nc3ccccc3n2CC(C)C)c(OC)c1. The van der Waals surface area contributed by atoms with Crippen LogP contribution in [0.25, 0.3) is 11.0 Å². The second-order valence-corrected chi connectivity index (χ2v) is 7.61. The third-order valence-electron chi connectivity index (χ3n) is 4.21. The van der Waals surface area contributed by atoms with Crippen molar-refractivity contribution < 1.29 is 14.3 Å². The Bertz CT molecular complexity index is 950. The van der Waals surface area contributed by atoms with E-state index in [0.717, 1.165) is 22.7 Å². The molecule has 0 saturated carbocycles. The summed E-state index contributed by atoms with van der Waals surface area (Å²) in [4.78, 5) is 17.5. The lowest BCUT2D eigenvalue weighted by atomic mass is 10.1. The molecular weight excluding hydrogens is 360 g/mol. The van der Waals surface area contributed by atoms with E-state index in [-0.39, 0.29) is 5.78 Å². The van der Waals surface area contributed by atoms with Crippen LogP contribution in [-0.4, -0.2) is 35.3 Å². The minimum Gasteiger partial charge on any atom is -0.497 e. The number of carbonyl (C=O) groups excluding carboxylic acids is 1. The van der Waals surface area contributed by atoms with Gasteiger partial charge in [0.25, 0.3) is 0 Å². The molecule has 6 heteroatoms. The van der Waals surface area contributed by atoms with Gasteiger partial charge in [-0.2, -0.15) is 0 Å². The molecule has 3 rings (SSSR count). The molecule has 1 heterocycles. The molecule has 0 amide bonds. The molecule has 0 N–H and O–H groups in total. The summed E-state index contributed by atoms with van der Waals surface area (Å²) < 4.78 is 12.7. The van der Waals surface area contributed by atoms with E-state index in [0.29, 0.717) is 28.7 Å². The van der Waals surface area contributed by atoms with Gasteiger partial charge in [0.2, 0.25) is 0 Å². The number of hydrogen-bond acceptors (Lipinski definition) is 5. The number of fused-ring (bicyclic) bond motifs is 1. The Morgan fingerprint density at radius 2 is 1.93 bits per heavy atom. The zero-order chi connectivity index (χ0) is 19.4. The van der Waals surface area contributed by atoms with Gasteiger partial charge in [-0.25, -0.2) is 4.98 Å². The number of ether oxygens (including phenoxy) is 2. The molecule has 0 unspecified atom stereocenters. The molecule has 5 nitrogen and oxygen atoms in total. The van der Waals surface area contributed by atoms with Gasteiger partial charge < -0.3 is 14.0 Å². The molecule has 0 fully saturated rings. The predicted molar refractivity (Wildman–Crippen MR) is 109 cm³/mol. The molecule has 0 aliphatic carbocycles. The van der Waals surface area contributed by atoms with Crippen LogP contribution in [0.1, 0.15) is 24.2 Å². The fourth-order valence-electron chi connectivity index (χ4n) is 2.94. The predicted octanol–water partition coefficient (Wildman–Crippen LogP) is 4.68. The summed E-state index contributed by atoms with van der Waals surface area (Å²) in [5.41, 5.74) is 2.61. The number of ketones is 1. The maximum Gasteiger partial charge on any atom is 0.176 e.